The van der Waals surface area contributed by atoms with Crippen molar-refractivity contribution in [3.63, 3.8) is 0 Å². The van der Waals surface area contributed by atoms with Crippen molar-refractivity contribution in [3.8, 4) is 0 Å². The van der Waals surface area contributed by atoms with Crippen LogP contribution in [-0.2, 0) is 16.9 Å². The van der Waals surface area contributed by atoms with Gasteiger partial charge < -0.3 is 5.32 Å². The molecule has 21 heavy (non-hydrogen) atoms. The molecule has 1 amide bonds. The summed E-state index contributed by atoms with van der Waals surface area (Å²) in [6, 6.07) is 0. The van der Waals surface area contributed by atoms with Gasteiger partial charge >= 0.3 is 0 Å². The number of nitrogens with one attached hydrogen (secondary N) is 1. The Hall–Kier alpha value is -1.86. The van der Waals surface area contributed by atoms with Crippen LogP contribution in [0.4, 0.5) is 0 Å². The van der Waals surface area contributed by atoms with Crippen molar-refractivity contribution in [2.45, 2.75) is 24.9 Å². The molecule has 0 aliphatic carbocycles. The van der Waals surface area contributed by atoms with Crippen LogP contribution in [0.5, 0.6) is 0 Å². The summed E-state index contributed by atoms with van der Waals surface area (Å²) in [4.78, 5) is 27.7. The summed E-state index contributed by atoms with van der Waals surface area (Å²) < 4.78 is 0. The molecule has 0 bridgehead atoms. The monoisotopic (exact) mass is 303 g/mol. The molecule has 6 nitrogen and oxygen atoms in total. The zero-order valence-corrected chi connectivity index (χ0v) is 12.6. The van der Waals surface area contributed by atoms with Crippen molar-refractivity contribution in [2.75, 3.05) is 13.6 Å². The highest BCUT2D eigenvalue weighted by molar-refractivity contribution is 7.09. The quantitative estimate of drug-likeness (QED) is 0.918. The molecule has 0 radical (unpaired) electrons. The third-order valence-corrected chi connectivity index (χ3v) is 4.67. The highest BCUT2D eigenvalue weighted by Crippen LogP contribution is 2.39. The number of carbonyl (C=O) groups is 1. The third kappa shape index (κ3) is 2.43. The molecule has 0 aromatic carbocycles. The van der Waals surface area contributed by atoms with Crippen molar-refractivity contribution >= 4 is 17.2 Å². The normalized spacial score (nSPS) is 22.3. The van der Waals surface area contributed by atoms with Crippen molar-refractivity contribution in [1.82, 2.24) is 25.2 Å². The van der Waals surface area contributed by atoms with E-state index in [2.05, 4.69) is 25.2 Å². The number of hydrogen-bond acceptors (Lipinski definition) is 6. The van der Waals surface area contributed by atoms with Crippen LogP contribution in [0.25, 0.3) is 0 Å². The molecule has 1 N–H and O–H groups in total. The van der Waals surface area contributed by atoms with Crippen molar-refractivity contribution in [1.29, 1.82) is 0 Å². The van der Waals surface area contributed by atoms with E-state index in [0.29, 0.717) is 12.2 Å². The van der Waals surface area contributed by atoms with Gasteiger partial charge in [-0.05, 0) is 12.8 Å². The smallest absolute Gasteiger partial charge is 0.246 e. The standard InChI is InChI=1S/C14H17N5OS/c1-15-13(20)14(11-9-16-4-5-17-11)3-2-7-19(14)10-12-18-6-8-21-12/h4-6,8-9H,2-3,7,10H2,1H3,(H,15,20). The average Bonchev–Trinajstić information content (AvgIpc) is 3.18. The molecular formula is C14H17N5OS. The van der Waals surface area contributed by atoms with Crippen LogP contribution in [0, 0.1) is 0 Å². The van der Waals surface area contributed by atoms with E-state index in [1.54, 1.807) is 43.2 Å². The van der Waals surface area contributed by atoms with Crippen LogP contribution in [0.3, 0.4) is 0 Å². The van der Waals surface area contributed by atoms with E-state index >= 15 is 0 Å². The summed E-state index contributed by atoms with van der Waals surface area (Å²) in [6.07, 6.45) is 8.45. The van der Waals surface area contributed by atoms with Gasteiger partial charge in [0.1, 0.15) is 10.5 Å². The van der Waals surface area contributed by atoms with Crippen molar-refractivity contribution in [3.05, 3.63) is 40.9 Å². The zero-order valence-electron chi connectivity index (χ0n) is 11.8. The Morgan fingerprint density at radius 2 is 2.33 bits per heavy atom. The predicted molar refractivity (Wildman–Crippen MR) is 79.5 cm³/mol. The van der Waals surface area contributed by atoms with Gasteiger partial charge in [-0.25, -0.2) is 4.98 Å². The molecule has 110 valence electrons. The van der Waals surface area contributed by atoms with Gasteiger partial charge in [0, 0.05) is 37.6 Å². The molecular weight excluding hydrogens is 286 g/mol. The summed E-state index contributed by atoms with van der Waals surface area (Å²) >= 11 is 1.60. The topological polar surface area (TPSA) is 71.0 Å². The summed E-state index contributed by atoms with van der Waals surface area (Å²) in [6.45, 7) is 1.51. The van der Waals surface area contributed by atoms with Gasteiger partial charge in [0.25, 0.3) is 0 Å². The Labute approximate surface area is 127 Å². The number of likely N-dealkylation sites (tertiary alicyclic amines) is 1. The lowest BCUT2D eigenvalue weighted by Gasteiger charge is -2.35. The maximum atomic E-state index is 12.6. The number of aromatic nitrogens is 3. The molecule has 0 spiro atoms. The molecule has 1 unspecified atom stereocenters. The highest BCUT2D eigenvalue weighted by Gasteiger charge is 2.49. The minimum absolute atomic E-state index is 0.0305. The Kier molecular flexibility index (Phi) is 3.94. The summed E-state index contributed by atoms with van der Waals surface area (Å²) in [5, 5.41) is 5.75. The van der Waals surface area contributed by atoms with Crippen LogP contribution in [-0.4, -0.2) is 39.4 Å². The van der Waals surface area contributed by atoms with Crippen LogP contribution in [0.2, 0.25) is 0 Å². The van der Waals surface area contributed by atoms with E-state index < -0.39 is 5.54 Å². The maximum absolute atomic E-state index is 12.6. The van der Waals surface area contributed by atoms with E-state index in [4.69, 9.17) is 0 Å². The number of rotatable bonds is 4. The van der Waals surface area contributed by atoms with Gasteiger partial charge in [-0.1, -0.05) is 0 Å². The first-order valence-corrected chi connectivity index (χ1v) is 7.77. The molecule has 7 heteroatoms. The second kappa shape index (κ2) is 5.87. The number of nitrogens with zero attached hydrogens (tertiary/aromatic N) is 4. The second-order valence-electron chi connectivity index (χ2n) is 4.98. The van der Waals surface area contributed by atoms with Gasteiger partial charge in [-0.15, -0.1) is 11.3 Å². The maximum Gasteiger partial charge on any atom is 0.246 e. The SMILES string of the molecule is CNC(=O)C1(c2cnccn2)CCCN1Cc1nccs1. The lowest BCUT2D eigenvalue weighted by Crippen LogP contribution is -2.52. The predicted octanol–water partition coefficient (Wildman–Crippen LogP) is 1.17. The van der Waals surface area contributed by atoms with Crippen molar-refractivity contribution in [2.24, 2.45) is 0 Å². The van der Waals surface area contributed by atoms with Gasteiger partial charge in [-0.3, -0.25) is 19.7 Å². The number of thiazole rings is 1. The fourth-order valence-corrected chi connectivity index (χ4v) is 3.60. The minimum atomic E-state index is -0.741. The zero-order chi connectivity index (χ0) is 14.7. The highest BCUT2D eigenvalue weighted by atomic mass is 32.1. The fourth-order valence-electron chi connectivity index (χ4n) is 2.97. The molecule has 1 saturated heterocycles. The molecule has 2 aromatic heterocycles. The first-order valence-electron chi connectivity index (χ1n) is 6.89. The fraction of sp³-hybridized carbons (Fsp3) is 0.429. The van der Waals surface area contributed by atoms with Crippen molar-refractivity contribution < 1.29 is 4.79 Å². The number of hydrogen-bond donors (Lipinski definition) is 1. The molecule has 3 heterocycles. The Balaban J connectivity index is 2.00. The molecule has 2 aromatic rings. The van der Waals surface area contributed by atoms with E-state index in [9.17, 15) is 4.79 Å². The van der Waals surface area contributed by atoms with Crippen LogP contribution in [0.1, 0.15) is 23.5 Å². The third-order valence-electron chi connectivity index (χ3n) is 3.91. The summed E-state index contributed by atoms with van der Waals surface area (Å²) in [5.41, 5.74) is -0.0345. The first-order chi connectivity index (χ1) is 10.3. The van der Waals surface area contributed by atoms with Crippen LogP contribution < -0.4 is 5.32 Å². The molecule has 3 rings (SSSR count). The Morgan fingerprint density at radius 3 is 3.00 bits per heavy atom. The average molecular weight is 303 g/mol. The second-order valence-corrected chi connectivity index (χ2v) is 5.96. The summed E-state index contributed by atoms with van der Waals surface area (Å²) in [7, 11) is 1.67. The Bertz CT molecular complexity index is 603. The van der Waals surface area contributed by atoms with E-state index in [-0.39, 0.29) is 5.91 Å². The van der Waals surface area contributed by atoms with Crippen LogP contribution in [0.15, 0.2) is 30.2 Å². The van der Waals surface area contributed by atoms with E-state index in [1.165, 1.54) is 0 Å². The minimum Gasteiger partial charge on any atom is -0.357 e. The van der Waals surface area contributed by atoms with E-state index in [0.717, 1.165) is 24.4 Å². The first kappa shape index (κ1) is 14.1. The Morgan fingerprint density at radius 1 is 1.43 bits per heavy atom. The number of likely N-dealkylation sites (N-methyl/N-ethyl adjacent to an activating group) is 1. The summed E-state index contributed by atoms with van der Waals surface area (Å²) in [5.74, 6) is -0.0305. The number of amides is 1. The largest absolute Gasteiger partial charge is 0.357 e. The number of carbonyl (C=O) groups excluding carboxylic acids is 1. The molecule has 0 saturated carbocycles. The van der Waals surface area contributed by atoms with Gasteiger partial charge in [0.2, 0.25) is 5.91 Å². The molecule has 1 atom stereocenters. The molecule has 1 aliphatic heterocycles. The van der Waals surface area contributed by atoms with Crippen LogP contribution >= 0.6 is 11.3 Å². The van der Waals surface area contributed by atoms with E-state index in [1.807, 2.05) is 5.38 Å². The molecule has 1 aliphatic rings. The lowest BCUT2D eigenvalue weighted by molar-refractivity contribution is -0.132. The van der Waals surface area contributed by atoms with Gasteiger partial charge in [0.05, 0.1) is 18.4 Å². The lowest BCUT2D eigenvalue weighted by atomic mass is 9.91. The molecule has 1 fully saturated rings. The van der Waals surface area contributed by atoms with Gasteiger partial charge in [0.15, 0.2) is 0 Å². The van der Waals surface area contributed by atoms with Gasteiger partial charge in [-0.2, -0.15) is 0 Å².